The number of sulfonamides is 1. The SMILES string of the molecule is CCc1ccccc1C[C@@H](C(=O)O)N(C)S(=O)(=O)c1ccc(C)cc1. The fourth-order valence-corrected chi connectivity index (χ4v) is 4.04. The number of nitrogens with zero attached hydrogens (tertiary/aromatic N) is 1. The van der Waals surface area contributed by atoms with Gasteiger partial charge in [0, 0.05) is 7.05 Å². The minimum atomic E-state index is -3.89. The fourth-order valence-electron chi connectivity index (χ4n) is 2.73. The molecule has 1 atom stereocenters. The minimum absolute atomic E-state index is 0.0932. The van der Waals surface area contributed by atoms with Gasteiger partial charge in [-0.25, -0.2) is 8.42 Å². The van der Waals surface area contributed by atoms with E-state index in [0.29, 0.717) is 0 Å². The highest BCUT2D eigenvalue weighted by Crippen LogP contribution is 2.21. The maximum Gasteiger partial charge on any atom is 0.322 e. The molecule has 6 heteroatoms. The molecule has 0 amide bonds. The molecule has 0 radical (unpaired) electrons. The highest BCUT2D eigenvalue weighted by molar-refractivity contribution is 7.89. The molecule has 0 unspecified atom stereocenters. The van der Waals surface area contributed by atoms with Crippen LogP contribution in [0.15, 0.2) is 53.4 Å². The lowest BCUT2D eigenvalue weighted by atomic mass is 9.99. The van der Waals surface area contributed by atoms with E-state index in [9.17, 15) is 18.3 Å². The first-order chi connectivity index (χ1) is 11.8. The molecule has 1 N–H and O–H groups in total. The normalized spacial score (nSPS) is 13.0. The van der Waals surface area contributed by atoms with Gasteiger partial charge in [-0.15, -0.1) is 0 Å². The summed E-state index contributed by atoms with van der Waals surface area (Å²) in [6.07, 6.45) is 0.887. The molecule has 0 aliphatic rings. The molecule has 5 nitrogen and oxygen atoms in total. The minimum Gasteiger partial charge on any atom is -0.480 e. The molecule has 134 valence electrons. The summed E-state index contributed by atoms with van der Waals surface area (Å²) in [6.45, 7) is 3.85. The topological polar surface area (TPSA) is 74.7 Å². The standard InChI is InChI=1S/C19H23NO4S/c1-4-15-7-5-6-8-16(15)13-18(19(21)22)20(3)25(23,24)17-11-9-14(2)10-12-17/h5-12,18H,4,13H2,1-3H3,(H,21,22)/t18-/m0/s1. The number of hydrogen-bond donors (Lipinski definition) is 1. The second kappa shape index (κ2) is 7.80. The summed E-state index contributed by atoms with van der Waals surface area (Å²) in [4.78, 5) is 11.9. The summed E-state index contributed by atoms with van der Waals surface area (Å²) < 4.78 is 26.5. The molecule has 0 spiro atoms. The number of rotatable bonds is 7. The number of benzene rings is 2. The zero-order valence-corrected chi connectivity index (χ0v) is 15.5. The molecule has 0 aliphatic carbocycles. The molecular formula is C19H23NO4S. The first kappa shape index (κ1) is 19.1. The van der Waals surface area contributed by atoms with Gasteiger partial charge in [0.2, 0.25) is 10.0 Å². The van der Waals surface area contributed by atoms with Gasteiger partial charge >= 0.3 is 5.97 Å². The van der Waals surface area contributed by atoms with E-state index in [1.54, 1.807) is 12.1 Å². The van der Waals surface area contributed by atoms with Crippen LogP contribution >= 0.6 is 0 Å². The molecule has 0 aliphatic heterocycles. The lowest BCUT2D eigenvalue weighted by Gasteiger charge is -2.25. The second-order valence-corrected chi connectivity index (χ2v) is 8.01. The average molecular weight is 361 g/mol. The van der Waals surface area contributed by atoms with Crippen molar-refractivity contribution < 1.29 is 18.3 Å². The number of aryl methyl sites for hydroxylation is 2. The van der Waals surface area contributed by atoms with Crippen LogP contribution in [0.5, 0.6) is 0 Å². The van der Waals surface area contributed by atoms with Gasteiger partial charge in [-0.3, -0.25) is 4.79 Å². The molecule has 0 saturated heterocycles. The van der Waals surface area contributed by atoms with Gasteiger partial charge in [0.15, 0.2) is 0 Å². The van der Waals surface area contributed by atoms with E-state index < -0.39 is 22.0 Å². The van der Waals surface area contributed by atoms with Crippen molar-refractivity contribution in [2.75, 3.05) is 7.05 Å². The Morgan fingerprint density at radius 2 is 1.64 bits per heavy atom. The highest BCUT2D eigenvalue weighted by Gasteiger charge is 2.33. The second-order valence-electron chi connectivity index (χ2n) is 6.01. The number of likely N-dealkylation sites (N-methyl/N-ethyl adjacent to an activating group) is 1. The number of hydrogen-bond acceptors (Lipinski definition) is 3. The Balaban J connectivity index is 2.36. The molecule has 0 saturated carbocycles. The Labute approximate surface area is 149 Å². The molecule has 25 heavy (non-hydrogen) atoms. The van der Waals surface area contributed by atoms with Gasteiger partial charge in [0.05, 0.1) is 4.90 Å². The Morgan fingerprint density at radius 3 is 2.16 bits per heavy atom. The van der Waals surface area contributed by atoms with E-state index in [2.05, 4.69) is 0 Å². The molecule has 0 heterocycles. The molecule has 0 fully saturated rings. The van der Waals surface area contributed by atoms with E-state index in [1.165, 1.54) is 19.2 Å². The van der Waals surface area contributed by atoms with E-state index in [0.717, 1.165) is 27.4 Å². The van der Waals surface area contributed by atoms with Gasteiger partial charge in [-0.2, -0.15) is 4.31 Å². The number of carboxylic acid groups (broad SMARTS) is 1. The predicted molar refractivity (Wildman–Crippen MR) is 97.1 cm³/mol. The van der Waals surface area contributed by atoms with E-state index >= 15 is 0 Å². The highest BCUT2D eigenvalue weighted by atomic mass is 32.2. The zero-order valence-electron chi connectivity index (χ0n) is 14.6. The van der Waals surface area contributed by atoms with Gasteiger partial charge in [-0.1, -0.05) is 48.9 Å². The van der Waals surface area contributed by atoms with Crippen LogP contribution in [0.4, 0.5) is 0 Å². The van der Waals surface area contributed by atoms with Crippen molar-refractivity contribution in [3.63, 3.8) is 0 Å². The summed E-state index contributed by atoms with van der Waals surface area (Å²) in [5.41, 5.74) is 2.81. The lowest BCUT2D eigenvalue weighted by Crippen LogP contribution is -2.43. The van der Waals surface area contributed by atoms with Crippen LogP contribution < -0.4 is 0 Å². The maximum absolute atomic E-state index is 12.8. The van der Waals surface area contributed by atoms with Crippen LogP contribution in [0.25, 0.3) is 0 Å². The van der Waals surface area contributed by atoms with Crippen LogP contribution in [-0.2, 0) is 27.7 Å². The van der Waals surface area contributed by atoms with E-state index in [4.69, 9.17) is 0 Å². The van der Waals surface area contributed by atoms with Gasteiger partial charge in [0.1, 0.15) is 6.04 Å². The summed E-state index contributed by atoms with van der Waals surface area (Å²) in [5, 5.41) is 9.62. The van der Waals surface area contributed by atoms with Crippen LogP contribution in [0.3, 0.4) is 0 Å². The first-order valence-electron chi connectivity index (χ1n) is 8.11. The largest absolute Gasteiger partial charge is 0.480 e. The van der Waals surface area contributed by atoms with E-state index in [-0.39, 0.29) is 11.3 Å². The third-order valence-corrected chi connectivity index (χ3v) is 6.22. The summed E-state index contributed by atoms with van der Waals surface area (Å²) in [6, 6.07) is 12.7. The fraction of sp³-hybridized carbons (Fsp3) is 0.316. The van der Waals surface area contributed by atoms with Crippen molar-refractivity contribution in [1.29, 1.82) is 0 Å². The van der Waals surface area contributed by atoms with Gasteiger partial charge in [-0.05, 0) is 43.0 Å². The predicted octanol–water partition coefficient (Wildman–Crippen LogP) is 2.87. The number of carboxylic acids is 1. The lowest BCUT2D eigenvalue weighted by molar-refractivity contribution is -0.141. The van der Waals surface area contributed by atoms with Crippen molar-refractivity contribution in [2.45, 2.75) is 37.6 Å². The molecular weight excluding hydrogens is 338 g/mol. The number of aliphatic carboxylic acids is 1. The molecule has 0 bridgehead atoms. The van der Waals surface area contributed by atoms with E-state index in [1.807, 2.05) is 38.1 Å². The maximum atomic E-state index is 12.8. The molecule has 0 aromatic heterocycles. The van der Waals surface area contributed by atoms with Gasteiger partial charge < -0.3 is 5.11 Å². The Kier molecular flexibility index (Phi) is 5.98. The quantitative estimate of drug-likeness (QED) is 0.823. The van der Waals surface area contributed by atoms with Crippen LogP contribution in [0, 0.1) is 6.92 Å². The van der Waals surface area contributed by atoms with Crippen molar-refractivity contribution in [2.24, 2.45) is 0 Å². The van der Waals surface area contributed by atoms with Gasteiger partial charge in [0.25, 0.3) is 0 Å². The monoisotopic (exact) mass is 361 g/mol. The third-order valence-electron chi connectivity index (χ3n) is 4.33. The Morgan fingerprint density at radius 1 is 1.08 bits per heavy atom. The molecule has 2 rings (SSSR count). The van der Waals surface area contributed by atoms with Crippen molar-refractivity contribution in [1.82, 2.24) is 4.31 Å². The molecule has 2 aromatic rings. The smallest absolute Gasteiger partial charge is 0.322 e. The van der Waals surface area contributed by atoms with Crippen molar-refractivity contribution in [3.8, 4) is 0 Å². The van der Waals surface area contributed by atoms with Crippen molar-refractivity contribution >= 4 is 16.0 Å². The van der Waals surface area contributed by atoms with Crippen LogP contribution in [0.1, 0.15) is 23.6 Å². The molecule has 2 aromatic carbocycles. The Bertz CT molecular complexity index is 844. The average Bonchev–Trinajstić information content (AvgIpc) is 2.59. The third kappa shape index (κ3) is 4.27. The van der Waals surface area contributed by atoms with Crippen LogP contribution in [0.2, 0.25) is 0 Å². The summed E-state index contributed by atoms with van der Waals surface area (Å²) in [7, 11) is -2.57. The summed E-state index contributed by atoms with van der Waals surface area (Å²) in [5.74, 6) is -1.16. The van der Waals surface area contributed by atoms with Crippen LogP contribution in [-0.4, -0.2) is 36.9 Å². The zero-order chi connectivity index (χ0) is 18.6. The summed E-state index contributed by atoms with van der Waals surface area (Å²) >= 11 is 0. The first-order valence-corrected chi connectivity index (χ1v) is 9.55. The Hall–Kier alpha value is -2.18. The van der Waals surface area contributed by atoms with Crippen molar-refractivity contribution in [3.05, 3.63) is 65.2 Å². The number of carbonyl (C=O) groups is 1.